The Balaban J connectivity index is 0.00000220. The number of fused-ring (bicyclic) bond motifs is 1. The number of hydrogen-bond donors (Lipinski definition) is 2. The Morgan fingerprint density at radius 1 is 1.24 bits per heavy atom. The van der Waals surface area contributed by atoms with Gasteiger partial charge in [-0.15, -0.1) is 12.4 Å². The number of aryl methyl sites for hydroxylation is 1. The van der Waals surface area contributed by atoms with Gasteiger partial charge in [0, 0.05) is 22.9 Å². The standard InChI is InChI=1S/C16H22N2O2.ClH/c1-9(11(3)17)16(19)18-12(4)15-10(2)13-7-5-6-8-14(13)20-15;/h5-9,11-12H,17H2,1-4H3,(H,18,19);1H. The van der Waals surface area contributed by atoms with Crippen LogP contribution in [0.3, 0.4) is 0 Å². The van der Waals surface area contributed by atoms with Crippen molar-refractivity contribution in [3.63, 3.8) is 0 Å². The quantitative estimate of drug-likeness (QED) is 0.910. The summed E-state index contributed by atoms with van der Waals surface area (Å²) in [6, 6.07) is 7.55. The second-order valence-electron chi connectivity index (χ2n) is 5.47. The van der Waals surface area contributed by atoms with Crippen molar-refractivity contribution >= 4 is 29.3 Å². The van der Waals surface area contributed by atoms with Crippen LogP contribution < -0.4 is 11.1 Å². The van der Waals surface area contributed by atoms with Crippen molar-refractivity contribution in [3.8, 4) is 0 Å². The highest BCUT2D eigenvalue weighted by Gasteiger charge is 2.22. The maximum atomic E-state index is 12.1. The molecule has 0 spiro atoms. The summed E-state index contributed by atoms with van der Waals surface area (Å²) in [5, 5.41) is 4.05. The Labute approximate surface area is 131 Å². The first kappa shape index (κ1) is 17.5. The SMILES string of the molecule is Cc1c(C(C)NC(=O)C(C)C(C)N)oc2ccccc12.Cl. The van der Waals surface area contributed by atoms with Crippen LogP contribution in [0.4, 0.5) is 0 Å². The van der Waals surface area contributed by atoms with E-state index in [1.807, 2.05) is 52.0 Å². The van der Waals surface area contributed by atoms with Crippen molar-refractivity contribution in [2.75, 3.05) is 0 Å². The first-order valence-corrected chi connectivity index (χ1v) is 6.95. The molecule has 0 saturated carbocycles. The monoisotopic (exact) mass is 310 g/mol. The lowest BCUT2D eigenvalue weighted by molar-refractivity contribution is -0.125. The lowest BCUT2D eigenvalue weighted by atomic mass is 10.0. The highest BCUT2D eigenvalue weighted by Crippen LogP contribution is 2.29. The number of carbonyl (C=O) groups is 1. The molecule has 4 nitrogen and oxygen atoms in total. The number of furan rings is 1. The molecule has 1 amide bonds. The topological polar surface area (TPSA) is 68.3 Å². The van der Waals surface area contributed by atoms with Gasteiger partial charge in [0.2, 0.25) is 5.91 Å². The Bertz CT molecular complexity index is 622. The van der Waals surface area contributed by atoms with Gasteiger partial charge in [0.25, 0.3) is 0 Å². The summed E-state index contributed by atoms with van der Waals surface area (Å²) in [6.07, 6.45) is 0. The number of halogens is 1. The smallest absolute Gasteiger partial charge is 0.224 e. The summed E-state index contributed by atoms with van der Waals surface area (Å²) in [7, 11) is 0. The first-order chi connectivity index (χ1) is 9.41. The summed E-state index contributed by atoms with van der Waals surface area (Å²) >= 11 is 0. The minimum absolute atomic E-state index is 0. The highest BCUT2D eigenvalue weighted by atomic mass is 35.5. The fourth-order valence-electron chi connectivity index (χ4n) is 2.26. The number of nitrogens with two attached hydrogens (primary N) is 1. The number of carbonyl (C=O) groups excluding carboxylic acids is 1. The molecule has 0 aliphatic heterocycles. The number of amides is 1. The van der Waals surface area contributed by atoms with Crippen LogP contribution in [0.15, 0.2) is 28.7 Å². The van der Waals surface area contributed by atoms with Gasteiger partial charge in [0.1, 0.15) is 11.3 Å². The van der Waals surface area contributed by atoms with Crippen molar-refractivity contribution in [2.24, 2.45) is 11.7 Å². The molecule has 3 N–H and O–H groups in total. The molecule has 2 rings (SSSR count). The molecule has 1 aromatic heterocycles. The number of benzene rings is 1. The predicted octanol–water partition coefficient (Wildman–Crippen LogP) is 3.32. The van der Waals surface area contributed by atoms with Gasteiger partial charge in [-0.2, -0.15) is 0 Å². The van der Waals surface area contributed by atoms with Gasteiger partial charge in [0.15, 0.2) is 0 Å². The maximum Gasteiger partial charge on any atom is 0.224 e. The Hall–Kier alpha value is -1.52. The predicted molar refractivity (Wildman–Crippen MR) is 87.6 cm³/mol. The molecular formula is C16H23ClN2O2. The van der Waals surface area contributed by atoms with Gasteiger partial charge in [-0.25, -0.2) is 0 Å². The van der Waals surface area contributed by atoms with E-state index in [-0.39, 0.29) is 36.3 Å². The van der Waals surface area contributed by atoms with Crippen LogP contribution in [0.25, 0.3) is 11.0 Å². The summed E-state index contributed by atoms with van der Waals surface area (Å²) in [4.78, 5) is 12.1. The summed E-state index contributed by atoms with van der Waals surface area (Å²) in [6.45, 7) is 7.61. The van der Waals surface area contributed by atoms with Crippen LogP contribution >= 0.6 is 12.4 Å². The van der Waals surface area contributed by atoms with Gasteiger partial charge in [-0.05, 0) is 26.8 Å². The summed E-state index contributed by atoms with van der Waals surface area (Å²) in [5.74, 6) is 0.533. The van der Waals surface area contributed by atoms with E-state index in [1.54, 1.807) is 0 Å². The fraction of sp³-hybridized carbons (Fsp3) is 0.438. The van der Waals surface area contributed by atoms with Crippen LogP contribution in [0, 0.1) is 12.8 Å². The Kier molecular flexibility index (Phi) is 5.81. The lowest BCUT2D eigenvalue weighted by Crippen LogP contribution is -2.39. The average molecular weight is 311 g/mol. The lowest BCUT2D eigenvalue weighted by Gasteiger charge is -2.19. The number of para-hydroxylation sites is 1. The zero-order valence-electron chi connectivity index (χ0n) is 12.8. The van der Waals surface area contributed by atoms with Gasteiger partial charge >= 0.3 is 0 Å². The molecule has 0 aliphatic rings. The third kappa shape index (κ3) is 3.57. The van der Waals surface area contributed by atoms with Crippen LogP contribution in [-0.2, 0) is 4.79 Å². The van der Waals surface area contributed by atoms with E-state index >= 15 is 0 Å². The van der Waals surface area contributed by atoms with E-state index in [0.29, 0.717) is 0 Å². The highest BCUT2D eigenvalue weighted by molar-refractivity contribution is 5.85. The first-order valence-electron chi connectivity index (χ1n) is 6.95. The van der Waals surface area contributed by atoms with Crippen molar-refractivity contribution in [1.82, 2.24) is 5.32 Å². The second-order valence-corrected chi connectivity index (χ2v) is 5.47. The van der Waals surface area contributed by atoms with Gasteiger partial charge in [-0.3, -0.25) is 4.79 Å². The van der Waals surface area contributed by atoms with Crippen LogP contribution in [0.1, 0.15) is 38.1 Å². The van der Waals surface area contributed by atoms with E-state index in [2.05, 4.69) is 5.32 Å². The molecule has 5 heteroatoms. The average Bonchev–Trinajstić information content (AvgIpc) is 2.75. The minimum atomic E-state index is -0.220. The summed E-state index contributed by atoms with van der Waals surface area (Å²) in [5.41, 5.74) is 7.68. The Morgan fingerprint density at radius 3 is 2.43 bits per heavy atom. The molecular weight excluding hydrogens is 288 g/mol. The van der Waals surface area contributed by atoms with Crippen LogP contribution in [-0.4, -0.2) is 11.9 Å². The molecule has 2 aromatic rings. The molecule has 0 fully saturated rings. The van der Waals surface area contributed by atoms with E-state index < -0.39 is 0 Å². The third-order valence-electron chi connectivity index (χ3n) is 3.83. The molecule has 3 atom stereocenters. The summed E-state index contributed by atoms with van der Waals surface area (Å²) < 4.78 is 5.86. The van der Waals surface area contributed by atoms with Crippen molar-refractivity contribution in [3.05, 3.63) is 35.6 Å². The van der Waals surface area contributed by atoms with Crippen molar-refractivity contribution < 1.29 is 9.21 Å². The molecule has 21 heavy (non-hydrogen) atoms. The number of rotatable bonds is 4. The Morgan fingerprint density at radius 2 is 1.86 bits per heavy atom. The maximum absolute atomic E-state index is 12.1. The van der Waals surface area contributed by atoms with E-state index in [1.165, 1.54) is 0 Å². The molecule has 0 bridgehead atoms. The fourth-order valence-corrected chi connectivity index (χ4v) is 2.26. The van der Waals surface area contributed by atoms with Gasteiger partial charge in [0.05, 0.1) is 6.04 Å². The zero-order chi connectivity index (χ0) is 14.9. The van der Waals surface area contributed by atoms with Crippen molar-refractivity contribution in [2.45, 2.75) is 39.8 Å². The molecule has 0 saturated heterocycles. The van der Waals surface area contributed by atoms with E-state index in [4.69, 9.17) is 10.2 Å². The van der Waals surface area contributed by atoms with Crippen molar-refractivity contribution in [1.29, 1.82) is 0 Å². The van der Waals surface area contributed by atoms with Gasteiger partial charge in [-0.1, -0.05) is 25.1 Å². The van der Waals surface area contributed by atoms with E-state index in [9.17, 15) is 4.79 Å². The largest absolute Gasteiger partial charge is 0.459 e. The second kappa shape index (κ2) is 6.96. The number of hydrogen-bond acceptors (Lipinski definition) is 3. The molecule has 1 heterocycles. The normalized spacial score (nSPS) is 15.1. The van der Waals surface area contributed by atoms with E-state index in [0.717, 1.165) is 22.3 Å². The molecule has 3 unspecified atom stereocenters. The molecule has 116 valence electrons. The molecule has 0 aliphatic carbocycles. The molecule has 1 aromatic carbocycles. The van der Waals surface area contributed by atoms with Crippen LogP contribution in [0.2, 0.25) is 0 Å². The molecule has 0 radical (unpaired) electrons. The van der Waals surface area contributed by atoms with Crippen LogP contribution in [0.5, 0.6) is 0 Å². The minimum Gasteiger partial charge on any atom is -0.459 e. The third-order valence-corrected chi connectivity index (χ3v) is 3.83. The zero-order valence-corrected chi connectivity index (χ0v) is 13.7. The number of nitrogens with one attached hydrogen (secondary N) is 1. The van der Waals surface area contributed by atoms with Gasteiger partial charge < -0.3 is 15.5 Å².